The third kappa shape index (κ3) is 5.53. The van der Waals surface area contributed by atoms with Crippen LogP contribution in [-0.2, 0) is 0 Å². The zero-order chi connectivity index (χ0) is 26.9. The third-order valence-corrected chi connectivity index (χ3v) is 8.67. The fourth-order valence-corrected chi connectivity index (χ4v) is 5.97. The van der Waals surface area contributed by atoms with Crippen LogP contribution in [0.25, 0.3) is 11.3 Å². The second-order valence-electron chi connectivity index (χ2n) is 11.2. The van der Waals surface area contributed by atoms with Crippen molar-refractivity contribution < 1.29 is 27.1 Å². The lowest BCUT2D eigenvalue weighted by Gasteiger charge is -2.47. The minimum Gasteiger partial charge on any atom is -0.492 e. The number of likely N-dealkylation sites (tertiary alicyclic amines) is 2. The fraction of sp³-hybridized carbons (Fsp3) is 0.586. The number of piperidine rings is 1. The first-order valence-corrected chi connectivity index (χ1v) is 13.6. The SMILES string of the molecule is C[C@H]1CCCN1C(=O)c1ccc(-c2ccc(OCC3CCN(CC4(C(F)(F)F)CCC4)CC3)cn2)c(F)c1. The van der Waals surface area contributed by atoms with Crippen LogP contribution in [0.2, 0.25) is 0 Å². The first-order valence-electron chi connectivity index (χ1n) is 13.6. The molecular weight excluding hydrogens is 498 g/mol. The molecule has 38 heavy (non-hydrogen) atoms. The zero-order valence-electron chi connectivity index (χ0n) is 21.8. The minimum absolute atomic E-state index is 0.110. The molecule has 1 amide bonds. The van der Waals surface area contributed by atoms with E-state index in [-0.39, 0.29) is 37.3 Å². The summed E-state index contributed by atoms with van der Waals surface area (Å²) in [4.78, 5) is 20.8. The van der Waals surface area contributed by atoms with Crippen molar-refractivity contribution in [2.24, 2.45) is 11.3 Å². The Morgan fingerprint density at radius 1 is 1.08 bits per heavy atom. The van der Waals surface area contributed by atoms with Crippen LogP contribution in [0.5, 0.6) is 5.75 Å². The molecule has 5 nitrogen and oxygen atoms in total. The van der Waals surface area contributed by atoms with Crippen LogP contribution in [0.4, 0.5) is 17.6 Å². The molecule has 0 radical (unpaired) electrons. The average molecular weight is 534 g/mol. The number of pyridine rings is 1. The molecule has 9 heteroatoms. The van der Waals surface area contributed by atoms with Crippen LogP contribution in [0.1, 0.15) is 62.2 Å². The topological polar surface area (TPSA) is 45.7 Å². The van der Waals surface area contributed by atoms with Crippen LogP contribution in [-0.4, -0.2) is 65.7 Å². The van der Waals surface area contributed by atoms with Crippen LogP contribution in [0.3, 0.4) is 0 Å². The van der Waals surface area contributed by atoms with Crippen molar-refractivity contribution in [1.29, 1.82) is 0 Å². The van der Waals surface area contributed by atoms with E-state index in [1.807, 2.05) is 11.8 Å². The number of amides is 1. The Balaban J connectivity index is 1.11. The van der Waals surface area contributed by atoms with Crippen molar-refractivity contribution in [3.05, 3.63) is 47.9 Å². The van der Waals surface area contributed by atoms with Gasteiger partial charge in [0.1, 0.15) is 11.6 Å². The number of carbonyl (C=O) groups excluding carboxylic acids is 1. The molecule has 0 spiro atoms. The molecule has 1 saturated carbocycles. The molecule has 0 N–H and O–H groups in total. The molecule has 2 aromatic rings. The van der Waals surface area contributed by atoms with Gasteiger partial charge < -0.3 is 14.5 Å². The van der Waals surface area contributed by atoms with Gasteiger partial charge in [-0.1, -0.05) is 6.42 Å². The first-order chi connectivity index (χ1) is 18.1. The zero-order valence-corrected chi connectivity index (χ0v) is 21.8. The van der Waals surface area contributed by atoms with E-state index >= 15 is 0 Å². The summed E-state index contributed by atoms with van der Waals surface area (Å²) in [6.07, 6.45) is 2.10. The van der Waals surface area contributed by atoms with Gasteiger partial charge in [0.05, 0.1) is 23.9 Å². The Morgan fingerprint density at radius 3 is 2.39 bits per heavy atom. The van der Waals surface area contributed by atoms with E-state index in [9.17, 15) is 22.4 Å². The number of halogens is 4. The number of benzene rings is 1. The fourth-order valence-electron chi connectivity index (χ4n) is 5.97. The van der Waals surface area contributed by atoms with Gasteiger partial charge in [0.25, 0.3) is 5.91 Å². The van der Waals surface area contributed by atoms with Gasteiger partial charge in [-0.15, -0.1) is 0 Å². The van der Waals surface area contributed by atoms with Crippen molar-refractivity contribution in [3.63, 3.8) is 0 Å². The molecular formula is C29H35F4N3O2. The summed E-state index contributed by atoms with van der Waals surface area (Å²) in [5.74, 6) is 0.197. The Hall–Kier alpha value is -2.68. The number of ether oxygens (including phenoxy) is 1. The Kier molecular flexibility index (Phi) is 7.67. The van der Waals surface area contributed by atoms with Gasteiger partial charge in [-0.3, -0.25) is 9.78 Å². The lowest BCUT2D eigenvalue weighted by molar-refractivity contribution is -0.256. The summed E-state index contributed by atoms with van der Waals surface area (Å²) in [5, 5.41) is 0. The highest BCUT2D eigenvalue weighted by Gasteiger charge is 2.58. The summed E-state index contributed by atoms with van der Waals surface area (Å²) in [6.45, 7) is 4.59. The molecule has 1 aromatic heterocycles. The molecule has 5 rings (SSSR count). The summed E-state index contributed by atoms with van der Waals surface area (Å²) in [7, 11) is 0. The van der Waals surface area contributed by atoms with Gasteiger partial charge >= 0.3 is 6.18 Å². The second kappa shape index (κ2) is 10.8. The molecule has 1 atom stereocenters. The van der Waals surface area contributed by atoms with Gasteiger partial charge in [-0.05, 0) is 94.8 Å². The van der Waals surface area contributed by atoms with Crippen LogP contribution in [0, 0.1) is 17.2 Å². The van der Waals surface area contributed by atoms with E-state index in [2.05, 4.69) is 4.98 Å². The highest BCUT2D eigenvalue weighted by molar-refractivity contribution is 5.95. The maximum absolute atomic E-state index is 14.9. The number of hydrogen-bond donors (Lipinski definition) is 0. The highest BCUT2D eigenvalue weighted by atomic mass is 19.4. The van der Waals surface area contributed by atoms with Crippen molar-refractivity contribution in [3.8, 4) is 17.0 Å². The molecule has 0 bridgehead atoms. The normalized spacial score (nSPS) is 22.3. The number of aromatic nitrogens is 1. The highest BCUT2D eigenvalue weighted by Crippen LogP contribution is 2.53. The number of rotatable bonds is 7. The molecule has 206 valence electrons. The van der Waals surface area contributed by atoms with Crippen molar-refractivity contribution in [2.75, 3.05) is 32.8 Å². The average Bonchev–Trinajstić information content (AvgIpc) is 3.30. The van der Waals surface area contributed by atoms with Gasteiger partial charge in [-0.2, -0.15) is 13.2 Å². The quantitative estimate of drug-likeness (QED) is 0.390. The van der Waals surface area contributed by atoms with Crippen LogP contribution < -0.4 is 4.74 Å². The maximum atomic E-state index is 14.9. The standard InChI is InChI=1S/C29H35F4N3O2/c1-20-4-2-13-36(20)27(37)22-5-7-24(25(30)16-22)26-8-6-23(17-34-26)38-18-21-9-14-35(15-10-21)19-28(11-3-12-28)29(31,32)33/h5-8,16-17,20-21H,2-4,9-15,18-19H2,1H3/t20-/m0/s1. The first kappa shape index (κ1) is 26.9. The van der Waals surface area contributed by atoms with Gasteiger partial charge in [0.15, 0.2) is 0 Å². The van der Waals surface area contributed by atoms with Gasteiger partial charge in [0.2, 0.25) is 0 Å². The van der Waals surface area contributed by atoms with Crippen LogP contribution in [0.15, 0.2) is 36.5 Å². The van der Waals surface area contributed by atoms with E-state index < -0.39 is 17.4 Å². The van der Waals surface area contributed by atoms with Crippen LogP contribution >= 0.6 is 0 Å². The lowest BCUT2D eigenvalue weighted by atomic mass is 9.67. The van der Waals surface area contributed by atoms with E-state index in [0.717, 1.165) is 25.7 Å². The molecule has 3 aliphatic rings. The van der Waals surface area contributed by atoms with Crippen molar-refractivity contribution in [1.82, 2.24) is 14.8 Å². The second-order valence-corrected chi connectivity index (χ2v) is 11.2. The van der Waals surface area contributed by atoms with Crippen molar-refractivity contribution in [2.45, 2.75) is 64.1 Å². The van der Waals surface area contributed by atoms with E-state index in [1.165, 1.54) is 6.07 Å². The summed E-state index contributed by atoms with van der Waals surface area (Å²) in [5.41, 5.74) is -0.400. The van der Waals surface area contributed by atoms with E-state index in [1.54, 1.807) is 35.4 Å². The summed E-state index contributed by atoms with van der Waals surface area (Å²) < 4.78 is 61.3. The summed E-state index contributed by atoms with van der Waals surface area (Å²) in [6, 6.07) is 8.11. The summed E-state index contributed by atoms with van der Waals surface area (Å²) >= 11 is 0. The monoisotopic (exact) mass is 533 g/mol. The number of nitrogens with zero attached hydrogens (tertiary/aromatic N) is 3. The smallest absolute Gasteiger partial charge is 0.395 e. The van der Waals surface area contributed by atoms with E-state index in [4.69, 9.17) is 4.74 Å². The molecule has 1 aliphatic carbocycles. The number of hydrogen-bond acceptors (Lipinski definition) is 4. The molecule has 3 fully saturated rings. The maximum Gasteiger partial charge on any atom is 0.395 e. The molecule has 0 unspecified atom stereocenters. The van der Waals surface area contributed by atoms with Gasteiger partial charge in [-0.25, -0.2) is 4.39 Å². The third-order valence-electron chi connectivity index (χ3n) is 8.67. The molecule has 3 heterocycles. The Morgan fingerprint density at radius 2 is 1.84 bits per heavy atom. The molecule has 2 aliphatic heterocycles. The largest absolute Gasteiger partial charge is 0.492 e. The predicted octanol–water partition coefficient (Wildman–Crippen LogP) is 6.34. The lowest BCUT2D eigenvalue weighted by Crippen LogP contribution is -2.53. The Bertz CT molecular complexity index is 1130. The molecule has 1 aromatic carbocycles. The number of alkyl halides is 3. The van der Waals surface area contributed by atoms with Crippen molar-refractivity contribution >= 4 is 5.91 Å². The van der Waals surface area contributed by atoms with Gasteiger partial charge in [0, 0.05) is 30.3 Å². The molecule has 2 saturated heterocycles. The predicted molar refractivity (Wildman–Crippen MR) is 136 cm³/mol. The van der Waals surface area contributed by atoms with E-state index in [0.29, 0.717) is 55.2 Å². The Labute approximate surface area is 221 Å². The number of carbonyl (C=O) groups is 1. The minimum atomic E-state index is -4.13.